The molecule has 8 aromatic carbocycles. The van der Waals surface area contributed by atoms with Crippen molar-refractivity contribution >= 4 is 54.6 Å². The molecule has 0 bridgehead atoms. The molecular formula is C50H37N5. The first kappa shape index (κ1) is 31.5. The summed E-state index contributed by atoms with van der Waals surface area (Å²) < 4.78 is 7.07. The average molecular weight is 708 g/mol. The maximum Gasteiger partial charge on any atom is 0.141 e. The van der Waals surface area contributed by atoms with E-state index in [1.54, 1.807) is 0 Å². The molecule has 0 unspecified atom stereocenters. The Morgan fingerprint density at radius 1 is 0.382 bits per heavy atom. The van der Waals surface area contributed by atoms with Crippen molar-refractivity contribution in [3.8, 4) is 50.7 Å². The standard InChI is InChI=1S/C50H37N5/c1-3-53-43-24-22-34(28-41(43)51-49(53)32-14-8-5-9-15-32)38-26-36-20-21-37-27-39(31-46-48(37)47(36)45(30-38)55(46)40-18-12-7-13-19-40)35-23-25-44-42(29-35)52-50(54(44)4-2)33-16-10-6-11-17-33/h5-31H,3-4H2,1-2H3. The van der Waals surface area contributed by atoms with Crippen LogP contribution in [0, 0.1) is 0 Å². The molecule has 11 aromatic rings. The number of hydrogen-bond donors (Lipinski definition) is 0. The SMILES string of the molecule is CCn1c(-c2ccccc2)nc2cc(-c3cc4ccc5cc(-c6ccc7c(c6)nc(-c6ccccc6)n7CC)cc6c5c4c(c3)n6-c3ccccc3)ccc21. The van der Waals surface area contributed by atoms with Crippen molar-refractivity contribution < 1.29 is 0 Å². The Labute approximate surface area is 318 Å². The molecule has 0 fully saturated rings. The van der Waals surface area contributed by atoms with Crippen LogP contribution in [0.1, 0.15) is 13.8 Å². The minimum Gasteiger partial charge on any atom is -0.324 e. The van der Waals surface area contributed by atoms with Crippen LogP contribution in [0.3, 0.4) is 0 Å². The lowest BCUT2D eigenvalue weighted by Crippen LogP contribution is -1.97. The van der Waals surface area contributed by atoms with Crippen molar-refractivity contribution in [2.45, 2.75) is 26.9 Å². The van der Waals surface area contributed by atoms with Crippen LogP contribution in [0.4, 0.5) is 0 Å². The summed E-state index contributed by atoms with van der Waals surface area (Å²) in [6, 6.07) is 59.3. The van der Waals surface area contributed by atoms with Crippen molar-refractivity contribution in [2.75, 3.05) is 0 Å². The molecule has 5 nitrogen and oxygen atoms in total. The van der Waals surface area contributed by atoms with Crippen molar-refractivity contribution in [3.05, 3.63) is 164 Å². The highest BCUT2D eigenvalue weighted by molar-refractivity contribution is 6.25. The molecule has 0 N–H and O–H groups in total. The maximum atomic E-state index is 5.18. The average Bonchev–Trinajstić information content (AvgIpc) is 3.92. The number of nitrogens with zero attached hydrogens (tertiary/aromatic N) is 5. The predicted octanol–water partition coefficient (Wildman–Crippen LogP) is 12.8. The third-order valence-electron chi connectivity index (χ3n) is 11.3. The van der Waals surface area contributed by atoms with Crippen molar-refractivity contribution in [2.24, 2.45) is 0 Å². The number of benzene rings is 8. The molecule has 0 amide bonds. The fourth-order valence-corrected chi connectivity index (χ4v) is 8.83. The minimum atomic E-state index is 0.854. The van der Waals surface area contributed by atoms with Gasteiger partial charge in [0.15, 0.2) is 0 Å². The monoisotopic (exact) mass is 707 g/mol. The zero-order valence-electron chi connectivity index (χ0n) is 30.7. The van der Waals surface area contributed by atoms with Gasteiger partial charge in [-0.3, -0.25) is 0 Å². The lowest BCUT2D eigenvalue weighted by atomic mass is 9.95. The molecular weight excluding hydrogens is 671 g/mol. The first-order valence-corrected chi connectivity index (χ1v) is 19.2. The van der Waals surface area contributed by atoms with Gasteiger partial charge in [0.2, 0.25) is 0 Å². The summed E-state index contributed by atoms with van der Waals surface area (Å²) in [4.78, 5) is 10.4. The number of fused-ring (bicyclic) bond motifs is 2. The van der Waals surface area contributed by atoms with Crippen molar-refractivity contribution in [1.29, 1.82) is 0 Å². The highest BCUT2D eigenvalue weighted by Crippen LogP contribution is 2.44. The highest BCUT2D eigenvalue weighted by Gasteiger charge is 2.21. The van der Waals surface area contributed by atoms with Crippen LogP contribution in [-0.2, 0) is 13.1 Å². The lowest BCUT2D eigenvalue weighted by Gasteiger charge is -2.10. The second-order valence-electron chi connectivity index (χ2n) is 14.4. The highest BCUT2D eigenvalue weighted by atomic mass is 15.1. The molecule has 0 saturated heterocycles. The van der Waals surface area contributed by atoms with E-state index in [1.807, 2.05) is 0 Å². The summed E-state index contributed by atoms with van der Waals surface area (Å²) in [6.07, 6.45) is 0. The van der Waals surface area contributed by atoms with E-state index in [2.05, 4.69) is 191 Å². The van der Waals surface area contributed by atoms with E-state index in [4.69, 9.17) is 9.97 Å². The van der Waals surface area contributed by atoms with E-state index in [1.165, 1.54) is 43.7 Å². The van der Waals surface area contributed by atoms with Gasteiger partial charge >= 0.3 is 0 Å². The van der Waals surface area contributed by atoms with Crippen LogP contribution in [-0.4, -0.2) is 23.7 Å². The fourth-order valence-electron chi connectivity index (χ4n) is 8.83. The minimum absolute atomic E-state index is 0.854. The van der Waals surface area contributed by atoms with Crippen LogP contribution in [0.5, 0.6) is 0 Å². The fraction of sp³-hybridized carbons (Fsp3) is 0.0800. The van der Waals surface area contributed by atoms with Crippen LogP contribution in [0.2, 0.25) is 0 Å². The summed E-state index contributed by atoms with van der Waals surface area (Å²) >= 11 is 0. The Bertz CT molecular complexity index is 3010. The Balaban J connectivity index is 1.10. The van der Waals surface area contributed by atoms with Gasteiger partial charge in [-0.2, -0.15) is 0 Å². The van der Waals surface area contributed by atoms with Gasteiger partial charge in [-0.05, 0) is 108 Å². The number of rotatable bonds is 7. The van der Waals surface area contributed by atoms with Gasteiger partial charge in [0.1, 0.15) is 11.6 Å². The Morgan fingerprint density at radius 3 is 1.25 bits per heavy atom. The van der Waals surface area contributed by atoms with Crippen LogP contribution >= 0.6 is 0 Å². The Hall–Kier alpha value is -6.98. The van der Waals surface area contributed by atoms with Crippen LogP contribution < -0.4 is 0 Å². The first-order valence-electron chi connectivity index (χ1n) is 19.2. The molecule has 0 aliphatic heterocycles. The molecule has 0 spiro atoms. The first-order chi connectivity index (χ1) is 27.2. The molecule has 0 atom stereocenters. The third-order valence-corrected chi connectivity index (χ3v) is 11.3. The second-order valence-corrected chi connectivity index (χ2v) is 14.4. The molecule has 0 aliphatic carbocycles. The Morgan fingerprint density at radius 2 is 0.818 bits per heavy atom. The van der Waals surface area contributed by atoms with E-state index in [-0.39, 0.29) is 0 Å². The lowest BCUT2D eigenvalue weighted by molar-refractivity contribution is 0.796. The van der Waals surface area contributed by atoms with Gasteiger partial charge in [0.25, 0.3) is 0 Å². The van der Waals surface area contributed by atoms with Gasteiger partial charge in [-0.1, -0.05) is 103 Å². The topological polar surface area (TPSA) is 40.6 Å². The molecule has 0 radical (unpaired) electrons. The summed E-state index contributed by atoms with van der Waals surface area (Å²) in [6.45, 7) is 6.09. The van der Waals surface area contributed by atoms with Gasteiger partial charge in [0, 0.05) is 40.7 Å². The van der Waals surface area contributed by atoms with Crippen molar-refractivity contribution in [1.82, 2.24) is 23.7 Å². The summed E-state index contributed by atoms with van der Waals surface area (Å²) in [5.41, 5.74) is 14.8. The van der Waals surface area contributed by atoms with Crippen LogP contribution in [0.25, 0.3) is 105 Å². The second kappa shape index (κ2) is 12.3. The quantitative estimate of drug-likeness (QED) is 0.155. The molecule has 5 heteroatoms. The molecule has 3 heterocycles. The third kappa shape index (κ3) is 4.86. The smallest absolute Gasteiger partial charge is 0.141 e. The molecule has 0 aliphatic rings. The van der Waals surface area contributed by atoms with E-state index in [0.717, 1.165) is 74.7 Å². The zero-order chi connectivity index (χ0) is 36.6. The number of aromatic nitrogens is 5. The van der Waals surface area contributed by atoms with E-state index in [9.17, 15) is 0 Å². The number of para-hydroxylation sites is 1. The number of hydrogen-bond acceptors (Lipinski definition) is 2. The van der Waals surface area contributed by atoms with Gasteiger partial charge in [-0.25, -0.2) is 9.97 Å². The molecule has 55 heavy (non-hydrogen) atoms. The van der Waals surface area contributed by atoms with E-state index < -0.39 is 0 Å². The van der Waals surface area contributed by atoms with Gasteiger partial charge in [0.05, 0.1) is 33.1 Å². The maximum absolute atomic E-state index is 5.18. The molecule has 11 rings (SSSR count). The predicted molar refractivity (Wildman–Crippen MR) is 229 cm³/mol. The summed E-state index contributed by atoms with van der Waals surface area (Å²) in [5, 5.41) is 5.05. The molecule has 3 aromatic heterocycles. The molecule has 0 saturated carbocycles. The van der Waals surface area contributed by atoms with Crippen molar-refractivity contribution in [3.63, 3.8) is 0 Å². The number of aryl methyl sites for hydroxylation is 2. The van der Waals surface area contributed by atoms with Gasteiger partial charge in [-0.15, -0.1) is 0 Å². The Kier molecular flexibility index (Phi) is 7.05. The molecule has 262 valence electrons. The normalized spacial score (nSPS) is 12.0. The number of imidazole rings is 2. The summed E-state index contributed by atoms with van der Waals surface area (Å²) in [5.74, 6) is 2.01. The van der Waals surface area contributed by atoms with E-state index >= 15 is 0 Å². The van der Waals surface area contributed by atoms with E-state index in [0.29, 0.717) is 0 Å². The summed E-state index contributed by atoms with van der Waals surface area (Å²) in [7, 11) is 0. The van der Waals surface area contributed by atoms with Crippen LogP contribution in [0.15, 0.2) is 164 Å². The van der Waals surface area contributed by atoms with Gasteiger partial charge < -0.3 is 13.7 Å². The largest absolute Gasteiger partial charge is 0.324 e. The zero-order valence-corrected chi connectivity index (χ0v) is 30.7.